The maximum Gasteiger partial charge on any atom is 0.247 e. The molecule has 1 aromatic carbocycles. The predicted molar refractivity (Wildman–Crippen MR) is 115 cm³/mol. The Bertz CT molecular complexity index is 1200. The van der Waals surface area contributed by atoms with Gasteiger partial charge in [0.15, 0.2) is 0 Å². The highest BCUT2D eigenvalue weighted by molar-refractivity contribution is 5.94. The van der Waals surface area contributed by atoms with Gasteiger partial charge in [-0.05, 0) is 67.1 Å². The van der Waals surface area contributed by atoms with Crippen LogP contribution in [0.5, 0.6) is 5.75 Å². The summed E-state index contributed by atoms with van der Waals surface area (Å²) in [7, 11) is 0. The SMILES string of the molecule is Cc1cc(CC(=O)C2(c3ccc4c(c3)CCO4)CC2)nc(-c2ccc(=O)[nH]c2)c1C. The molecule has 0 saturated heterocycles. The van der Waals surface area contributed by atoms with Gasteiger partial charge in [-0.1, -0.05) is 12.1 Å². The quantitative estimate of drug-likeness (QED) is 0.706. The molecule has 1 aliphatic heterocycles. The van der Waals surface area contributed by atoms with Crippen molar-refractivity contribution in [2.24, 2.45) is 0 Å². The summed E-state index contributed by atoms with van der Waals surface area (Å²) in [5.74, 6) is 1.17. The number of aryl methyl sites for hydroxylation is 1. The largest absolute Gasteiger partial charge is 0.493 e. The number of fused-ring (bicyclic) bond motifs is 1. The van der Waals surface area contributed by atoms with Gasteiger partial charge in [-0.15, -0.1) is 0 Å². The maximum atomic E-state index is 13.4. The summed E-state index contributed by atoms with van der Waals surface area (Å²) in [4.78, 5) is 32.3. The first kappa shape index (κ1) is 18.8. The summed E-state index contributed by atoms with van der Waals surface area (Å²) in [5.41, 5.74) is 6.38. The molecule has 0 atom stereocenters. The number of hydrogen-bond donors (Lipinski definition) is 1. The number of ether oxygens (including phenoxy) is 1. The first-order valence-electron chi connectivity index (χ1n) is 10.4. The lowest BCUT2D eigenvalue weighted by Gasteiger charge is -2.17. The molecule has 3 aromatic rings. The molecule has 5 nitrogen and oxygen atoms in total. The van der Waals surface area contributed by atoms with Crippen molar-refractivity contribution in [2.45, 2.75) is 44.9 Å². The average molecular weight is 400 g/mol. The van der Waals surface area contributed by atoms with Gasteiger partial charge in [0.1, 0.15) is 11.5 Å². The summed E-state index contributed by atoms with van der Waals surface area (Å²) >= 11 is 0. The highest BCUT2D eigenvalue weighted by Crippen LogP contribution is 2.50. The van der Waals surface area contributed by atoms with Crippen molar-refractivity contribution < 1.29 is 9.53 Å². The second-order valence-electron chi connectivity index (χ2n) is 8.45. The summed E-state index contributed by atoms with van der Waals surface area (Å²) in [5, 5.41) is 0. The van der Waals surface area contributed by atoms with E-state index in [9.17, 15) is 9.59 Å². The Kier molecular flexibility index (Phi) is 4.35. The lowest BCUT2D eigenvalue weighted by Crippen LogP contribution is -2.23. The Morgan fingerprint density at radius 2 is 2.00 bits per heavy atom. The number of benzene rings is 1. The third-order valence-corrected chi connectivity index (χ3v) is 6.51. The van der Waals surface area contributed by atoms with Crippen molar-refractivity contribution in [3.05, 3.63) is 80.9 Å². The smallest absolute Gasteiger partial charge is 0.247 e. The van der Waals surface area contributed by atoms with Crippen LogP contribution < -0.4 is 10.3 Å². The van der Waals surface area contributed by atoms with Crippen molar-refractivity contribution in [3.63, 3.8) is 0 Å². The van der Waals surface area contributed by atoms with E-state index in [-0.39, 0.29) is 16.8 Å². The molecule has 30 heavy (non-hydrogen) atoms. The van der Waals surface area contributed by atoms with E-state index >= 15 is 0 Å². The minimum absolute atomic E-state index is 0.144. The number of ketones is 1. The normalized spacial score (nSPS) is 16.1. The molecule has 1 saturated carbocycles. The molecular weight excluding hydrogens is 376 g/mol. The summed E-state index contributed by atoms with van der Waals surface area (Å²) in [6, 6.07) is 11.5. The molecule has 0 amide bonds. The number of pyridine rings is 2. The van der Waals surface area contributed by atoms with E-state index in [0.717, 1.165) is 65.3 Å². The van der Waals surface area contributed by atoms with E-state index < -0.39 is 0 Å². The molecule has 5 rings (SSSR count). The molecule has 152 valence electrons. The Balaban J connectivity index is 1.45. The Labute approximate surface area is 175 Å². The van der Waals surface area contributed by atoms with Gasteiger partial charge < -0.3 is 9.72 Å². The minimum atomic E-state index is -0.379. The van der Waals surface area contributed by atoms with E-state index in [1.807, 2.05) is 26.0 Å². The Morgan fingerprint density at radius 1 is 1.17 bits per heavy atom. The van der Waals surface area contributed by atoms with Crippen LogP contribution in [0.4, 0.5) is 0 Å². The lowest BCUT2D eigenvalue weighted by molar-refractivity contribution is -0.120. The molecule has 1 N–H and O–H groups in total. The van der Waals surface area contributed by atoms with Gasteiger partial charge in [0.2, 0.25) is 5.56 Å². The highest BCUT2D eigenvalue weighted by Gasteiger charge is 2.50. The van der Waals surface area contributed by atoms with Crippen LogP contribution in [0.15, 0.2) is 47.4 Å². The van der Waals surface area contributed by atoms with E-state index in [4.69, 9.17) is 9.72 Å². The average Bonchev–Trinajstić information content (AvgIpc) is 3.42. The van der Waals surface area contributed by atoms with Crippen LogP contribution >= 0.6 is 0 Å². The fraction of sp³-hybridized carbons (Fsp3) is 0.320. The van der Waals surface area contributed by atoms with Crippen LogP contribution in [0.1, 0.15) is 40.8 Å². The predicted octanol–water partition coefficient (Wildman–Crippen LogP) is 3.83. The van der Waals surface area contributed by atoms with Gasteiger partial charge in [-0.3, -0.25) is 14.6 Å². The summed E-state index contributed by atoms with van der Waals surface area (Å²) < 4.78 is 5.61. The number of aromatic nitrogens is 2. The van der Waals surface area contributed by atoms with E-state index in [1.165, 1.54) is 11.6 Å². The highest BCUT2D eigenvalue weighted by atomic mass is 16.5. The molecule has 0 unspecified atom stereocenters. The molecule has 2 aromatic heterocycles. The van der Waals surface area contributed by atoms with Gasteiger partial charge in [0, 0.05) is 36.4 Å². The van der Waals surface area contributed by atoms with Crippen LogP contribution in [0, 0.1) is 13.8 Å². The summed E-state index contributed by atoms with van der Waals surface area (Å²) in [6.07, 6.45) is 4.68. The van der Waals surface area contributed by atoms with Gasteiger partial charge in [0.25, 0.3) is 0 Å². The van der Waals surface area contributed by atoms with Gasteiger partial charge in [-0.25, -0.2) is 0 Å². The Hall–Kier alpha value is -3.21. The second kappa shape index (κ2) is 6.94. The topological polar surface area (TPSA) is 72.0 Å². The molecule has 0 spiro atoms. The van der Waals surface area contributed by atoms with Crippen molar-refractivity contribution in [2.75, 3.05) is 6.61 Å². The minimum Gasteiger partial charge on any atom is -0.493 e. The van der Waals surface area contributed by atoms with Crippen molar-refractivity contribution in [3.8, 4) is 17.0 Å². The van der Waals surface area contributed by atoms with Gasteiger partial charge >= 0.3 is 0 Å². The summed E-state index contributed by atoms with van der Waals surface area (Å²) in [6.45, 7) is 4.77. The van der Waals surface area contributed by atoms with Crippen LogP contribution in [0.3, 0.4) is 0 Å². The lowest BCUT2D eigenvalue weighted by atomic mass is 9.87. The molecule has 3 heterocycles. The maximum absolute atomic E-state index is 13.4. The van der Waals surface area contributed by atoms with E-state index in [1.54, 1.807) is 12.3 Å². The number of hydrogen-bond acceptors (Lipinski definition) is 4. The van der Waals surface area contributed by atoms with Crippen molar-refractivity contribution >= 4 is 5.78 Å². The third-order valence-electron chi connectivity index (χ3n) is 6.51. The van der Waals surface area contributed by atoms with Gasteiger partial charge in [0.05, 0.1) is 17.7 Å². The number of nitrogens with zero attached hydrogens (tertiary/aromatic N) is 1. The van der Waals surface area contributed by atoms with Crippen LogP contribution in [0.2, 0.25) is 0 Å². The fourth-order valence-electron chi connectivity index (χ4n) is 4.41. The molecule has 1 fully saturated rings. The number of carbonyl (C=O) groups is 1. The number of carbonyl (C=O) groups excluding carboxylic acids is 1. The second-order valence-corrected chi connectivity index (χ2v) is 8.45. The van der Waals surface area contributed by atoms with E-state index in [0.29, 0.717) is 6.42 Å². The molecule has 0 bridgehead atoms. The van der Waals surface area contributed by atoms with Crippen molar-refractivity contribution in [1.29, 1.82) is 0 Å². The molecule has 5 heteroatoms. The zero-order valence-corrected chi connectivity index (χ0v) is 17.2. The zero-order valence-electron chi connectivity index (χ0n) is 17.2. The van der Waals surface area contributed by atoms with Gasteiger partial charge in [-0.2, -0.15) is 0 Å². The first-order chi connectivity index (χ1) is 14.5. The van der Waals surface area contributed by atoms with E-state index in [2.05, 4.69) is 17.1 Å². The van der Waals surface area contributed by atoms with Crippen molar-refractivity contribution in [1.82, 2.24) is 9.97 Å². The monoisotopic (exact) mass is 400 g/mol. The Morgan fingerprint density at radius 3 is 2.73 bits per heavy atom. The number of Topliss-reactive ketones (excluding diaryl/α,β-unsaturated/α-hetero) is 1. The standard InChI is InChI=1S/C25H24N2O3/c1-15-11-20(27-24(16(15)2)18-3-6-23(29)26-14-18)13-22(28)25(8-9-25)19-4-5-21-17(12-19)7-10-30-21/h3-6,11-12,14H,7-10,13H2,1-2H3,(H,26,29). The third kappa shape index (κ3) is 3.15. The first-order valence-corrected chi connectivity index (χ1v) is 10.4. The number of H-pyrrole nitrogens is 1. The zero-order chi connectivity index (χ0) is 20.9. The fourth-order valence-corrected chi connectivity index (χ4v) is 4.41. The van der Waals surface area contributed by atoms with Crippen LogP contribution in [-0.2, 0) is 23.1 Å². The van der Waals surface area contributed by atoms with Crippen LogP contribution in [-0.4, -0.2) is 22.4 Å². The molecule has 2 aliphatic rings. The van der Waals surface area contributed by atoms with Crippen LogP contribution in [0.25, 0.3) is 11.3 Å². The molecular formula is C25H24N2O3. The number of aromatic amines is 1. The number of nitrogens with one attached hydrogen (secondary N) is 1. The molecule has 1 aliphatic carbocycles. The number of rotatable bonds is 5. The molecule has 0 radical (unpaired) electrons.